The van der Waals surface area contributed by atoms with Gasteiger partial charge in [0, 0.05) is 34.9 Å². The average Bonchev–Trinajstić information content (AvgIpc) is 3.38. The van der Waals surface area contributed by atoms with Crippen molar-refractivity contribution in [3.05, 3.63) is 101 Å². The van der Waals surface area contributed by atoms with Crippen LogP contribution in [-0.4, -0.2) is 33.0 Å². The number of aliphatic imine (C=N–C) groups is 1. The molecule has 37 heavy (non-hydrogen) atoms. The maximum absolute atomic E-state index is 13.3. The van der Waals surface area contributed by atoms with E-state index in [1.54, 1.807) is 17.0 Å². The summed E-state index contributed by atoms with van der Waals surface area (Å²) in [6.45, 7) is 4.49. The molecule has 1 aliphatic heterocycles. The molecule has 0 spiro atoms. The number of carbonyl (C=O) groups excluding carboxylic acids is 2. The van der Waals surface area contributed by atoms with Crippen molar-refractivity contribution in [2.45, 2.75) is 20.4 Å². The minimum absolute atomic E-state index is 0.136. The lowest BCUT2D eigenvalue weighted by molar-refractivity contribution is -0.122. The third-order valence-electron chi connectivity index (χ3n) is 6.01. The summed E-state index contributed by atoms with van der Waals surface area (Å²) in [5.74, 6) is -0.612. The Labute approximate surface area is 218 Å². The van der Waals surface area contributed by atoms with E-state index in [1.165, 1.54) is 23.9 Å². The van der Waals surface area contributed by atoms with Crippen LogP contribution in [0.4, 0.5) is 15.8 Å². The predicted molar refractivity (Wildman–Crippen MR) is 148 cm³/mol. The van der Waals surface area contributed by atoms with E-state index in [-0.39, 0.29) is 24.2 Å². The van der Waals surface area contributed by atoms with E-state index >= 15 is 0 Å². The number of aromatic nitrogens is 1. The highest BCUT2D eigenvalue weighted by atomic mass is 32.2. The molecular weight excluding hydrogens is 487 g/mol. The van der Waals surface area contributed by atoms with Gasteiger partial charge in [-0.05, 0) is 74.1 Å². The molecule has 0 radical (unpaired) electrons. The molecule has 2 heterocycles. The van der Waals surface area contributed by atoms with E-state index < -0.39 is 0 Å². The number of amides is 2. The van der Waals surface area contributed by atoms with Crippen LogP contribution in [0.2, 0.25) is 0 Å². The molecule has 0 unspecified atom stereocenters. The van der Waals surface area contributed by atoms with Crippen molar-refractivity contribution in [3.63, 3.8) is 0 Å². The molecule has 186 valence electrons. The van der Waals surface area contributed by atoms with E-state index in [0.717, 1.165) is 27.7 Å². The van der Waals surface area contributed by atoms with Crippen LogP contribution in [0, 0.1) is 12.7 Å². The maximum Gasteiger partial charge on any atom is 0.266 e. The molecule has 1 aliphatic rings. The number of halogens is 1. The summed E-state index contributed by atoms with van der Waals surface area (Å²) in [7, 11) is 0. The van der Waals surface area contributed by atoms with E-state index in [9.17, 15) is 14.0 Å². The standard InChI is InChI=1S/C29H25FN4O2S/c1-3-34-28(36)26(37-29(34)32-23-14-10-21(30)11-15-23)16-20-17-33(25-7-5-4-6-24(20)25)18-27(35)31-22-12-8-19(2)9-13-22/h4-17H,3,18H2,1-2H3,(H,31,35)/b26-16+,32-29?. The first-order chi connectivity index (χ1) is 17.9. The quantitative estimate of drug-likeness (QED) is 0.306. The summed E-state index contributed by atoms with van der Waals surface area (Å²) < 4.78 is 15.2. The zero-order valence-electron chi connectivity index (χ0n) is 20.4. The second-order valence-electron chi connectivity index (χ2n) is 8.67. The van der Waals surface area contributed by atoms with Crippen molar-refractivity contribution in [2.24, 2.45) is 4.99 Å². The van der Waals surface area contributed by atoms with Crippen LogP contribution in [0.3, 0.4) is 0 Å². The number of hydrogen-bond acceptors (Lipinski definition) is 4. The molecule has 0 aliphatic carbocycles. The van der Waals surface area contributed by atoms with E-state index in [1.807, 2.05) is 79.2 Å². The molecule has 1 N–H and O–H groups in total. The monoisotopic (exact) mass is 512 g/mol. The first-order valence-electron chi connectivity index (χ1n) is 11.9. The van der Waals surface area contributed by atoms with Crippen molar-refractivity contribution in [1.29, 1.82) is 0 Å². The molecule has 1 aromatic heterocycles. The summed E-state index contributed by atoms with van der Waals surface area (Å²) in [6.07, 6.45) is 3.74. The highest BCUT2D eigenvalue weighted by molar-refractivity contribution is 8.18. The molecule has 1 saturated heterocycles. The molecule has 8 heteroatoms. The van der Waals surface area contributed by atoms with Gasteiger partial charge < -0.3 is 9.88 Å². The highest BCUT2D eigenvalue weighted by Crippen LogP contribution is 2.35. The van der Waals surface area contributed by atoms with Gasteiger partial charge in [0.1, 0.15) is 12.4 Å². The molecule has 0 atom stereocenters. The first-order valence-corrected chi connectivity index (χ1v) is 12.7. The molecular formula is C29H25FN4O2S. The van der Waals surface area contributed by atoms with Crippen LogP contribution in [0.1, 0.15) is 18.1 Å². The fourth-order valence-electron chi connectivity index (χ4n) is 4.15. The lowest BCUT2D eigenvalue weighted by Crippen LogP contribution is -2.28. The number of carbonyl (C=O) groups is 2. The number of benzene rings is 3. The van der Waals surface area contributed by atoms with Gasteiger partial charge in [-0.25, -0.2) is 9.38 Å². The number of hydrogen-bond donors (Lipinski definition) is 1. The van der Waals surface area contributed by atoms with Crippen LogP contribution in [0.5, 0.6) is 0 Å². The van der Waals surface area contributed by atoms with E-state index in [4.69, 9.17) is 0 Å². The number of likely N-dealkylation sites (N-methyl/N-ethyl adjacent to an activating group) is 1. The van der Waals surface area contributed by atoms with Crippen LogP contribution in [0.25, 0.3) is 17.0 Å². The number of fused-ring (bicyclic) bond motifs is 1. The van der Waals surface area contributed by atoms with Gasteiger partial charge in [-0.2, -0.15) is 0 Å². The summed E-state index contributed by atoms with van der Waals surface area (Å²) in [5.41, 5.74) is 4.19. The number of anilines is 1. The smallest absolute Gasteiger partial charge is 0.266 e. The molecule has 5 rings (SSSR count). The molecule has 0 bridgehead atoms. The normalized spacial score (nSPS) is 15.8. The Balaban J connectivity index is 1.43. The number of aryl methyl sites for hydroxylation is 1. The van der Waals surface area contributed by atoms with Gasteiger partial charge in [0.15, 0.2) is 5.17 Å². The number of rotatable bonds is 6. The van der Waals surface area contributed by atoms with Crippen LogP contribution >= 0.6 is 11.8 Å². The lowest BCUT2D eigenvalue weighted by Gasteiger charge is -2.11. The van der Waals surface area contributed by atoms with Gasteiger partial charge in [0.25, 0.3) is 5.91 Å². The average molecular weight is 513 g/mol. The molecule has 0 saturated carbocycles. The highest BCUT2D eigenvalue weighted by Gasteiger charge is 2.32. The van der Waals surface area contributed by atoms with Crippen LogP contribution in [0.15, 0.2) is 88.9 Å². The summed E-state index contributed by atoms with van der Waals surface area (Å²) in [4.78, 5) is 32.7. The zero-order valence-corrected chi connectivity index (χ0v) is 21.3. The van der Waals surface area contributed by atoms with Crippen LogP contribution in [-0.2, 0) is 16.1 Å². The second-order valence-corrected chi connectivity index (χ2v) is 9.68. The molecule has 2 amide bonds. The summed E-state index contributed by atoms with van der Waals surface area (Å²) in [5, 5.41) is 4.43. The van der Waals surface area contributed by atoms with Crippen molar-refractivity contribution in [3.8, 4) is 0 Å². The summed E-state index contributed by atoms with van der Waals surface area (Å²) in [6, 6.07) is 21.3. The molecule has 1 fully saturated rings. The number of nitrogens with one attached hydrogen (secondary N) is 1. The van der Waals surface area contributed by atoms with E-state index in [0.29, 0.717) is 22.3 Å². The van der Waals surface area contributed by atoms with Gasteiger partial charge in [0.2, 0.25) is 5.91 Å². The fourth-order valence-corrected chi connectivity index (χ4v) is 5.20. The Bertz CT molecular complexity index is 1540. The van der Waals surface area contributed by atoms with Crippen molar-refractivity contribution >= 4 is 57.1 Å². The Morgan fingerprint density at radius 2 is 1.78 bits per heavy atom. The van der Waals surface area contributed by atoms with Gasteiger partial charge in [0.05, 0.1) is 10.6 Å². The number of para-hydroxylation sites is 1. The van der Waals surface area contributed by atoms with Gasteiger partial charge in [-0.15, -0.1) is 0 Å². The molecule has 3 aromatic carbocycles. The minimum atomic E-state index is -0.337. The second kappa shape index (κ2) is 10.4. The predicted octanol–water partition coefficient (Wildman–Crippen LogP) is 6.35. The van der Waals surface area contributed by atoms with Crippen molar-refractivity contribution < 1.29 is 14.0 Å². The number of thioether (sulfide) groups is 1. The van der Waals surface area contributed by atoms with Crippen molar-refractivity contribution in [1.82, 2.24) is 9.47 Å². The lowest BCUT2D eigenvalue weighted by atomic mass is 10.1. The largest absolute Gasteiger partial charge is 0.337 e. The Morgan fingerprint density at radius 1 is 1.05 bits per heavy atom. The molecule has 6 nitrogen and oxygen atoms in total. The van der Waals surface area contributed by atoms with E-state index in [2.05, 4.69) is 10.3 Å². The zero-order chi connectivity index (χ0) is 25.9. The third-order valence-corrected chi connectivity index (χ3v) is 7.02. The molecule has 4 aromatic rings. The Kier molecular flexibility index (Phi) is 6.92. The van der Waals surface area contributed by atoms with Gasteiger partial charge in [-0.1, -0.05) is 35.9 Å². The fraction of sp³-hybridized carbons (Fsp3) is 0.138. The summed E-state index contributed by atoms with van der Waals surface area (Å²) >= 11 is 1.29. The maximum atomic E-state index is 13.3. The Hall–Kier alpha value is -4.17. The van der Waals surface area contributed by atoms with Gasteiger partial charge >= 0.3 is 0 Å². The number of nitrogens with zero attached hydrogens (tertiary/aromatic N) is 3. The SMILES string of the molecule is CCN1C(=O)/C(=C\c2cn(CC(=O)Nc3ccc(C)cc3)c3ccccc23)SC1=Nc1ccc(F)cc1. The van der Waals surface area contributed by atoms with Crippen molar-refractivity contribution in [2.75, 3.05) is 11.9 Å². The number of amidine groups is 1. The first kappa shape index (κ1) is 24.5. The Morgan fingerprint density at radius 3 is 2.51 bits per heavy atom. The minimum Gasteiger partial charge on any atom is -0.337 e. The third kappa shape index (κ3) is 5.34. The van der Waals surface area contributed by atoms with Crippen LogP contribution < -0.4 is 5.32 Å². The topological polar surface area (TPSA) is 66.7 Å². The van der Waals surface area contributed by atoms with Gasteiger partial charge in [-0.3, -0.25) is 14.5 Å².